The average molecular weight is 235 g/mol. The van der Waals surface area contributed by atoms with Crippen molar-refractivity contribution in [3.8, 4) is 0 Å². The highest BCUT2D eigenvalue weighted by Crippen LogP contribution is 2.24. The number of nitrogens with zero attached hydrogens (tertiary/aromatic N) is 1. The predicted molar refractivity (Wildman–Crippen MR) is 69.1 cm³/mol. The van der Waals surface area contributed by atoms with Gasteiger partial charge >= 0.3 is 0 Å². The molecule has 0 radical (unpaired) electrons. The molecule has 1 aliphatic rings. The van der Waals surface area contributed by atoms with Crippen molar-refractivity contribution >= 4 is 5.69 Å². The van der Waals surface area contributed by atoms with Gasteiger partial charge in [-0.1, -0.05) is 12.1 Å². The highest BCUT2D eigenvalue weighted by atomic mass is 16.3. The lowest BCUT2D eigenvalue weighted by molar-refractivity contribution is 0.199. The Labute approximate surface area is 103 Å². The topological polar surface area (TPSA) is 43.7 Å². The van der Waals surface area contributed by atoms with E-state index in [9.17, 15) is 5.11 Å². The van der Waals surface area contributed by atoms with Crippen LogP contribution in [0.2, 0.25) is 0 Å². The molecule has 1 unspecified atom stereocenters. The van der Waals surface area contributed by atoms with Crippen LogP contribution in [-0.4, -0.2) is 29.9 Å². The summed E-state index contributed by atoms with van der Waals surface area (Å²) < 4.78 is 0. The Kier molecular flexibility index (Phi) is 4.02. The molecule has 0 aliphatic carbocycles. The third kappa shape index (κ3) is 2.99. The molecule has 1 atom stereocenters. The van der Waals surface area contributed by atoms with Crippen molar-refractivity contribution in [2.75, 3.05) is 24.6 Å². The fraction of sp³-hybridized carbons (Fsp3) is 0.571. The maximum absolute atomic E-state index is 9.45. The summed E-state index contributed by atoms with van der Waals surface area (Å²) in [6.45, 7) is 4.12. The van der Waals surface area contributed by atoms with E-state index in [0.717, 1.165) is 31.5 Å². The van der Waals surface area contributed by atoms with Crippen LogP contribution in [-0.2, 0) is 0 Å². The van der Waals surface area contributed by atoms with Crippen LogP contribution in [0.25, 0.3) is 0 Å². The molecular formula is C14H21NO2. The third-order valence-electron chi connectivity index (χ3n) is 3.61. The van der Waals surface area contributed by atoms with E-state index in [1.54, 1.807) is 6.92 Å². The molecule has 3 nitrogen and oxygen atoms in total. The summed E-state index contributed by atoms with van der Waals surface area (Å²) in [5.41, 5.74) is 2.17. The highest BCUT2D eigenvalue weighted by Gasteiger charge is 2.18. The number of hydrogen-bond donors (Lipinski definition) is 2. The maximum atomic E-state index is 9.45. The summed E-state index contributed by atoms with van der Waals surface area (Å²) >= 11 is 0. The van der Waals surface area contributed by atoms with Gasteiger partial charge in [0.1, 0.15) is 0 Å². The van der Waals surface area contributed by atoms with Crippen molar-refractivity contribution in [1.29, 1.82) is 0 Å². The first-order chi connectivity index (χ1) is 8.20. The van der Waals surface area contributed by atoms with Gasteiger partial charge in [-0.05, 0) is 43.4 Å². The van der Waals surface area contributed by atoms with Gasteiger partial charge in [-0.15, -0.1) is 0 Å². The highest BCUT2D eigenvalue weighted by molar-refractivity contribution is 5.48. The summed E-state index contributed by atoms with van der Waals surface area (Å²) in [5.74, 6) is 0.475. The SMILES string of the molecule is CC(O)c1ccc(N2CCC(CO)CC2)cc1. The van der Waals surface area contributed by atoms with E-state index < -0.39 is 6.10 Å². The predicted octanol–water partition coefficient (Wildman–Crippen LogP) is 1.95. The van der Waals surface area contributed by atoms with Gasteiger partial charge < -0.3 is 15.1 Å². The second-order valence-corrected chi connectivity index (χ2v) is 4.88. The zero-order chi connectivity index (χ0) is 12.3. The number of benzene rings is 1. The summed E-state index contributed by atoms with van der Waals surface area (Å²) in [4.78, 5) is 2.35. The Morgan fingerprint density at radius 3 is 2.29 bits per heavy atom. The van der Waals surface area contributed by atoms with Crippen LogP contribution >= 0.6 is 0 Å². The number of piperidine rings is 1. The van der Waals surface area contributed by atoms with E-state index in [0.29, 0.717) is 12.5 Å². The lowest BCUT2D eigenvalue weighted by Gasteiger charge is -2.33. The summed E-state index contributed by atoms with van der Waals surface area (Å²) in [5, 5.41) is 18.5. The van der Waals surface area contributed by atoms with E-state index >= 15 is 0 Å². The van der Waals surface area contributed by atoms with E-state index in [4.69, 9.17) is 5.11 Å². The van der Waals surface area contributed by atoms with Crippen molar-refractivity contribution in [2.45, 2.75) is 25.9 Å². The zero-order valence-corrected chi connectivity index (χ0v) is 10.3. The molecule has 1 aromatic carbocycles. The average Bonchev–Trinajstić information content (AvgIpc) is 2.39. The molecule has 0 aromatic heterocycles. The molecule has 1 aromatic rings. The summed E-state index contributed by atoms with van der Waals surface area (Å²) in [6, 6.07) is 8.11. The van der Waals surface area contributed by atoms with Crippen molar-refractivity contribution in [2.24, 2.45) is 5.92 Å². The molecule has 2 N–H and O–H groups in total. The van der Waals surface area contributed by atoms with Gasteiger partial charge in [0.15, 0.2) is 0 Å². The van der Waals surface area contributed by atoms with Gasteiger partial charge in [-0.3, -0.25) is 0 Å². The van der Waals surface area contributed by atoms with Crippen molar-refractivity contribution in [1.82, 2.24) is 0 Å². The molecule has 0 bridgehead atoms. The lowest BCUT2D eigenvalue weighted by Crippen LogP contribution is -2.34. The van der Waals surface area contributed by atoms with Gasteiger partial charge in [0.25, 0.3) is 0 Å². The Morgan fingerprint density at radius 2 is 1.82 bits per heavy atom. The standard InChI is InChI=1S/C14H21NO2/c1-11(17)13-2-4-14(5-3-13)15-8-6-12(10-16)7-9-15/h2-5,11-12,16-17H,6-10H2,1H3. The van der Waals surface area contributed by atoms with E-state index in [1.165, 1.54) is 5.69 Å². The second-order valence-electron chi connectivity index (χ2n) is 4.88. The first kappa shape index (κ1) is 12.4. The Bertz CT molecular complexity index is 340. The fourth-order valence-electron chi connectivity index (χ4n) is 2.34. The van der Waals surface area contributed by atoms with Crippen LogP contribution in [0.5, 0.6) is 0 Å². The van der Waals surface area contributed by atoms with Crippen molar-refractivity contribution < 1.29 is 10.2 Å². The molecule has 0 amide bonds. The van der Waals surface area contributed by atoms with Crippen LogP contribution in [0.1, 0.15) is 31.4 Å². The monoisotopic (exact) mass is 235 g/mol. The molecule has 94 valence electrons. The van der Waals surface area contributed by atoms with Crippen LogP contribution in [0.4, 0.5) is 5.69 Å². The van der Waals surface area contributed by atoms with Gasteiger partial charge in [0.2, 0.25) is 0 Å². The Morgan fingerprint density at radius 1 is 1.24 bits per heavy atom. The Hall–Kier alpha value is -1.06. The number of rotatable bonds is 3. The smallest absolute Gasteiger partial charge is 0.0761 e. The molecule has 1 heterocycles. The lowest BCUT2D eigenvalue weighted by atomic mass is 9.97. The molecular weight excluding hydrogens is 214 g/mol. The van der Waals surface area contributed by atoms with Crippen LogP contribution in [0.15, 0.2) is 24.3 Å². The van der Waals surface area contributed by atoms with Crippen molar-refractivity contribution in [3.05, 3.63) is 29.8 Å². The van der Waals surface area contributed by atoms with Crippen LogP contribution in [0.3, 0.4) is 0 Å². The largest absolute Gasteiger partial charge is 0.396 e. The van der Waals surface area contributed by atoms with E-state index in [1.807, 2.05) is 12.1 Å². The molecule has 1 saturated heterocycles. The number of hydrogen-bond acceptors (Lipinski definition) is 3. The molecule has 1 aliphatic heterocycles. The van der Waals surface area contributed by atoms with E-state index in [-0.39, 0.29) is 0 Å². The molecule has 3 heteroatoms. The van der Waals surface area contributed by atoms with Gasteiger partial charge in [0.05, 0.1) is 6.10 Å². The van der Waals surface area contributed by atoms with Gasteiger partial charge in [-0.25, -0.2) is 0 Å². The van der Waals surface area contributed by atoms with Gasteiger partial charge in [-0.2, -0.15) is 0 Å². The fourth-order valence-corrected chi connectivity index (χ4v) is 2.34. The minimum absolute atomic E-state index is 0.314. The van der Waals surface area contributed by atoms with Gasteiger partial charge in [0, 0.05) is 25.4 Å². The molecule has 0 saturated carbocycles. The second kappa shape index (κ2) is 5.52. The summed E-state index contributed by atoms with van der Waals surface area (Å²) in [7, 11) is 0. The molecule has 2 rings (SSSR count). The van der Waals surface area contributed by atoms with E-state index in [2.05, 4.69) is 17.0 Å². The molecule has 17 heavy (non-hydrogen) atoms. The third-order valence-corrected chi connectivity index (χ3v) is 3.61. The first-order valence-electron chi connectivity index (χ1n) is 6.34. The maximum Gasteiger partial charge on any atom is 0.0761 e. The number of anilines is 1. The normalized spacial score (nSPS) is 19.4. The van der Waals surface area contributed by atoms with Crippen LogP contribution in [0, 0.1) is 5.92 Å². The Balaban J connectivity index is 1.99. The minimum atomic E-state index is -0.399. The molecule has 0 spiro atoms. The van der Waals surface area contributed by atoms with Crippen LogP contribution < -0.4 is 4.90 Å². The molecule has 1 fully saturated rings. The quantitative estimate of drug-likeness (QED) is 0.841. The first-order valence-corrected chi connectivity index (χ1v) is 6.34. The number of aliphatic hydroxyl groups is 2. The van der Waals surface area contributed by atoms with Crippen molar-refractivity contribution in [3.63, 3.8) is 0 Å². The summed E-state index contributed by atoms with van der Waals surface area (Å²) in [6.07, 6.45) is 1.73. The number of aliphatic hydroxyl groups excluding tert-OH is 2. The minimum Gasteiger partial charge on any atom is -0.396 e. The zero-order valence-electron chi connectivity index (χ0n) is 10.3.